The van der Waals surface area contributed by atoms with Gasteiger partial charge in [-0.3, -0.25) is 0 Å². The summed E-state index contributed by atoms with van der Waals surface area (Å²) in [4.78, 5) is 11.0. The van der Waals surface area contributed by atoms with Crippen LogP contribution in [0.25, 0.3) is 11.1 Å². The molecule has 31 heavy (non-hydrogen) atoms. The van der Waals surface area contributed by atoms with Crippen molar-refractivity contribution in [1.29, 1.82) is 0 Å². The maximum atomic E-state index is 11.0. The van der Waals surface area contributed by atoms with Crippen molar-refractivity contribution in [3.63, 3.8) is 0 Å². The molecule has 0 heterocycles. The second kappa shape index (κ2) is 11.6. The van der Waals surface area contributed by atoms with Crippen LogP contribution in [-0.4, -0.2) is 30.9 Å². The molecule has 0 aliphatic carbocycles. The highest BCUT2D eigenvalue weighted by Crippen LogP contribution is 2.22. The van der Waals surface area contributed by atoms with Gasteiger partial charge < -0.3 is 14.6 Å². The van der Waals surface area contributed by atoms with Crippen LogP contribution in [0.2, 0.25) is 0 Å². The van der Waals surface area contributed by atoms with E-state index in [1.54, 1.807) is 0 Å². The Bertz CT molecular complexity index is 1010. The van der Waals surface area contributed by atoms with Crippen LogP contribution in [0, 0.1) is 11.8 Å². The zero-order chi connectivity index (χ0) is 21.9. The van der Waals surface area contributed by atoms with Crippen LogP contribution in [0.1, 0.15) is 24.0 Å². The smallest absolute Gasteiger partial charge is 0.333 e. The highest BCUT2D eigenvalue weighted by Gasteiger charge is 2.16. The largest absolute Gasteiger partial charge is 0.494 e. The number of methoxy groups -OCH3 is 1. The van der Waals surface area contributed by atoms with Crippen molar-refractivity contribution in [3.8, 4) is 28.7 Å². The summed E-state index contributed by atoms with van der Waals surface area (Å²) in [6.07, 6.45) is 1.10. The van der Waals surface area contributed by atoms with Crippen molar-refractivity contribution in [3.05, 3.63) is 90.0 Å². The second-order valence-electron chi connectivity index (χ2n) is 7.11. The van der Waals surface area contributed by atoms with Crippen LogP contribution in [0.5, 0.6) is 5.75 Å². The second-order valence-corrected chi connectivity index (χ2v) is 7.11. The molecule has 0 aliphatic heterocycles. The zero-order valence-electron chi connectivity index (χ0n) is 17.6. The minimum absolute atomic E-state index is 0.337. The first kappa shape index (κ1) is 22.1. The average molecular weight is 415 g/mol. The molecule has 3 aromatic rings. The number of hydrogen-bond acceptors (Lipinski definition) is 3. The van der Waals surface area contributed by atoms with Gasteiger partial charge in [0, 0.05) is 25.5 Å². The van der Waals surface area contributed by atoms with E-state index >= 15 is 0 Å². The van der Waals surface area contributed by atoms with Crippen molar-refractivity contribution in [2.45, 2.75) is 25.4 Å². The van der Waals surface area contributed by atoms with E-state index in [4.69, 9.17) is 14.6 Å². The van der Waals surface area contributed by atoms with Crippen molar-refractivity contribution >= 4 is 5.97 Å². The van der Waals surface area contributed by atoms with Crippen LogP contribution < -0.4 is 4.74 Å². The molecule has 158 valence electrons. The Morgan fingerprint density at radius 1 is 0.935 bits per heavy atom. The summed E-state index contributed by atoms with van der Waals surface area (Å²) in [7, 11) is 1.40. The highest BCUT2D eigenvalue weighted by molar-refractivity contribution is 5.72. The van der Waals surface area contributed by atoms with Crippen LogP contribution in [0.3, 0.4) is 0 Å². The van der Waals surface area contributed by atoms with E-state index in [9.17, 15) is 4.79 Å². The Morgan fingerprint density at radius 3 is 2.26 bits per heavy atom. The Kier molecular flexibility index (Phi) is 8.28. The predicted octanol–water partition coefficient (Wildman–Crippen LogP) is 5.21. The quantitative estimate of drug-likeness (QED) is 0.386. The molecule has 0 spiro atoms. The first-order valence-corrected chi connectivity index (χ1v) is 10.3. The zero-order valence-corrected chi connectivity index (χ0v) is 17.6. The summed E-state index contributed by atoms with van der Waals surface area (Å²) < 4.78 is 10.8. The summed E-state index contributed by atoms with van der Waals surface area (Å²) >= 11 is 0. The Labute approximate surface area is 183 Å². The molecule has 0 radical (unpaired) electrons. The molecule has 3 rings (SSSR count). The van der Waals surface area contributed by atoms with E-state index in [2.05, 4.69) is 36.1 Å². The molecule has 0 bridgehead atoms. The SMILES string of the molecule is CO[C@@H](Cc1ccc(C#CCCCOc2ccc(-c3ccccc3)cc2)cc1)C(=O)O. The number of carbonyl (C=O) groups is 1. The summed E-state index contributed by atoms with van der Waals surface area (Å²) in [6.45, 7) is 0.617. The van der Waals surface area contributed by atoms with Gasteiger partial charge in [0.2, 0.25) is 0 Å². The Morgan fingerprint density at radius 2 is 1.61 bits per heavy atom. The summed E-state index contributed by atoms with van der Waals surface area (Å²) in [5, 5.41) is 9.05. The standard InChI is InChI=1S/C27H26O4/c1-30-26(27(28)29)20-22-13-11-21(12-14-22)8-4-3-7-19-31-25-17-15-24(16-18-25)23-9-5-2-6-10-23/h2,5-6,9-18,26H,3,7,19-20H2,1H3,(H,28,29)/t26-/m0/s1. The molecule has 0 saturated carbocycles. The molecule has 1 atom stereocenters. The molecule has 0 aliphatic rings. The summed E-state index contributed by atoms with van der Waals surface area (Å²) in [5.41, 5.74) is 4.18. The lowest BCUT2D eigenvalue weighted by molar-refractivity contribution is -0.148. The molecule has 0 saturated heterocycles. The third-order valence-electron chi connectivity index (χ3n) is 4.84. The van der Waals surface area contributed by atoms with Gasteiger partial charge in [0.15, 0.2) is 6.10 Å². The van der Waals surface area contributed by atoms with E-state index in [1.807, 2.05) is 54.6 Å². The molecule has 4 heteroatoms. The van der Waals surface area contributed by atoms with Gasteiger partial charge in [0.1, 0.15) is 5.75 Å². The lowest BCUT2D eigenvalue weighted by Crippen LogP contribution is -2.24. The number of aliphatic carboxylic acids is 1. The Hall–Kier alpha value is -3.55. The number of ether oxygens (including phenoxy) is 2. The minimum atomic E-state index is -0.958. The van der Waals surface area contributed by atoms with Gasteiger partial charge in [-0.15, -0.1) is 0 Å². The van der Waals surface area contributed by atoms with Crippen molar-refractivity contribution in [1.82, 2.24) is 0 Å². The van der Waals surface area contributed by atoms with Gasteiger partial charge in [0.05, 0.1) is 6.61 Å². The van der Waals surface area contributed by atoms with Crippen LogP contribution >= 0.6 is 0 Å². The third kappa shape index (κ3) is 7.02. The predicted molar refractivity (Wildman–Crippen MR) is 122 cm³/mol. The molecule has 3 aromatic carbocycles. The molecule has 4 nitrogen and oxygen atoms in total. The lowest BCUT2D eigenvalue weighted by atomic mass is 10.1. The fraction of sp³-hybridized carbons (Fsp3) is 0.222. The maximum absolute atomic E-state index is 11.0. The number of unbranched alkanes of at least 4 members (excludes halogenated alkanes) is 1. The first-order chi connectivity index (χ1) is 15.2. The molecular formula is C27H26O4. The van der Waals surface area contributed by atoms with Gasteiger partial charge in [-0.1, -0.05) is 66.4 Å². The molecule has 0 fully saturated rings. The first-order valence-electron chi connectivity index (χ1n) is 10.3. The lowest BCUT2D eigenvalue weighted by Gasteiger charge is -2.10. The van der Waals surface area contributed by atoms with Crippen molar-refractivity contribution in [2.75, 3.05) is 13.7 Å². The summed E-state index contributed by atoms with van der Waals surface area (Å²) in [5.74, 6) is 6.19. The fourth-order valence-corrected chi connectivity index (χ4v) is 3.10. The number of rotatable bonds is 9. The normalized spacial score (nSPS) is 11.3. The minimum Gasteiger partial charge on any atom is -0.494 e. The van der Waals surface area contributed by atoms with Gasteiger partial charge in [-0.2, -0.15) is 0 Å². The average Bonchev–Trinajstić information content (AvgIpc) is 2.81. The molecule has 0 aromatic heterocycles. The van der Waals surface area contributed by atoms with E-state index in [0.717, 1.165) is 29.7 Å². The topological polar surface area (TPSA) is 55.8 Å². The maximum Gasteiger partial charge on any atom is 0.333 e. The fourth-order valence-electron chi connectivity index (χ4n) is 3.10. The van der Waals surface area contributed by atoms with Gasteiger partial charge in [-0.25, -0.2) is 4.79 Å². The van der Waals surface area contributed by atoms with E-state index in [-0.39, 0.29) is 0 Å². The number of hydrogen-bond donors (Lipinski definition) is 1. The molecular weight excluding hydrogens is 388 g/mol. The van der Waals surface area contributed by atoms with E-state index < -0.39 is 12.1 Å². The number of carboxylic acid groups (broad SMARTS) is 1. The summed E-state index contributed by atoms with van der Waals surface area (Å²) in [6, 6.07) is 26.0. The van der Waals surface area contributed by atoms with Gasteiger partial charge in [0.25, 0.3) is 0 Å². The van der Waals surface area contributed by atoms with Crippen LogP contribution in [0.15, 0.2) is 78.9 Å². The number of benzene rings is 3. The van der Waals surface area contributed by atoms with Crippen LogP contribution in [0.4, 0.5) is 0 Å². The van der Waals surface area contributed by atoms with Crippen LogP contribution in [-0.2, 0) is 16.0 Å². The van der Waals surface area contributed by atoms with Gasteiger partial charge >= 0.3 is 5.97 Å². The van der Waals surface area contributed by atoms with Gasteiger partial charge in [-0.05, 0) is 47.4 Å². The highest BCUT2D eigenvalue weighted by atomic mass is 16.5. The van der Waals surface area contributed by atoms with Crippen molar-refractivity contribution < 1.29 is 19.4 Å². The molecule has 1 N–H and O–H groups in total. The number of carboxylic acids is 1. The van der Waals surface area contributed by atoms with E-state index in [1.165, 1.54) is 18.2 Å². The third-order valence-corrected chi connectivity index (χ3v) is 4.84. The van der Waals surface area contributed by atoms with E-state index in [0.29, 0.717) is 13.0 Å². The molecule has 0 amide bonds. The molecule has 0 unspecified atom stereocenters. The van der Waals surface area contributed by atoms with Crippen molar-refractivity contribution in [2.24, 2.45) is 0 Å². The monoisotopic (exact) mass is 414 g/mol. The Balaban J connectivity index is 1.40.